The van der Waals surface area contributed by atoms with Gasteiger partial charge in [0.15, 0.2) is 0 Å². The standard InChI is InChI=1S/C17H24N2O/c1-3-5-13-19(14-6-4-2)17(20)16-9-7-15(8-10-16)11-12-18/h7-10H,3-6,11,13-14H2,1-2H3. The van der Waals surface area contributed by atoms with Crippen LogP contribution < -0.4 is 0 Å². The lowest BCUT2D eigenvalue weighted by Gasteiger charge is -2.22. The fourth-order valence-electron chi connectivity index (χ4n) is 2.05. The Morgan fingerprint density at radius 1 is 1.10 bits per heavy atom. The molecule has 0 unspecified atom stereocenters. The lowest BCUT2D eigenvalue weighted by molar-refractivity contribution is 0.0751. The first-order valence-electron chi connectivity index (χ1n) is 7.48. The van der Waals surface area contributed by atoms with Crippen molar-refractivity contribution in [2.45, 2.75) is 46.0 Å². The van der Waals surface area contributed by atoms with Gasteiger partial charge in [-0.25, -0.2) is 0 Å². The molecule has 20 heavy (non-hydrogen) atoms. The van der Waals surface area contributed by atoms with Gasteiger partial charge in [0.05, 0.1) is 12.5 Å². The molecule has 0 heterocycles. The zero-order chi connectivity index (χ0) is 14.8. The van der Waals surface area contributed by atoms with Gasteiger partial charge in [-0.3, -0.25) is 4.79 Å². The first-order valence-corrected chi connectivity index (χ1v) is 7.48. The molecule has 0 aliphatic rings. The van der Waals surface area contributed by atoms with Gasteiger partial charge >= 0.3 is 0 Å². The van der Waals surface area contributed by atoms with Crippen LogP contribution in [-0.4, -0.2) is 23.9 Å². The Balaban J connectivity index is 2.74. The van der Waals surface area contributed by atoms with Crippen LogP contribution in [0.1, 0.15) is 55.5 Å². The Hall–Kier alpha value is -1.82. The molecule has 0 bridgehead atoms. The lowest BCUT2D eigenvalue weighted by atomic mass is 10.1. The fraction of sp³-hybridized carbons (Fsp3) is 0.529. The number of carbonyl (C=O) groups excluding carboxylic acids is 1. The average molecular weight is 272 g/mol. The van der Waals surface area contributed by atoms with Crippen molar-refractivity contribution in [1.29, 1.82) is 5.26 Å². The second-order valence-corrected chi connectivity index (χ2v) is 5.03. The summed E-state index contributed by atoms with van der Waals surface area (Å²) in [5.41, 5.74) is 1.68. The van der Waals surface area contributed by atoms with Crippen molar-refractivity contribution >= 4 is 5.91 Å². The number of nitrogens with zero attached hydrogens (tertiary/aromatic N) is 2. The first kappa shape index (κ1) is 16.2. The summed E-state index contributed by atoms with van der Waals surface area (Å²) in [6, 6.07) is 9.52. The highest BCUT2D eigenvalue weighted by atomic mass is 16.2. The van der Waals surface area contributed by atoms with Crippen molar-refractivity contribution in [3.05, 3.63) is 35.4 Å². The summed E-state index contributed by atoms with van der Waals surface area (Å²) in [4.78, 5) is 14.4. The van der Waals surface area contributed by atoms with Crippen LogP contribution >= 0.6 is 0 Å². The normalized spacial score (nSPS) is 10.1. The minimum Gasteiger partial charge on any atom is -0.339 e. The molecule has 1 amide bonds. The van der Waals surface area contributed by atoms with Crippen LogP contribution in [0.3, 0.4) is 0 Å². The van der Waals surface area contributed by atoms with Crippen molar-refractivity contribution in [1.82, 2.24) is 4.90 Å². The zero-order valence-electron chi connectivity index (χ0n) is 12.6. The molecule has 0 saturated heterocycles. The van der Waals surface area contributed by atoms with E-state index in [0.717, 1.165) is 49.9 Å². The van der Waals surface area contributed by atoms with Crippen molar-refractivity contribution in [2.24, 2.45) is 0 Å². The summed E-state index contributed by atoms with van der Waals surface area (Å²) in [7, 11) is 0. The molecule has 3 nitrogen and oxygen atoms in total. The molecule has 3 heteroatoms. The highest BCUT2D eigenvalue weighted by Gasteiger charge is 2.14. The number of unbranched alkanes of at least 4 members (excludes halogenated alkanes) is 2. The minimum absolute atomic E-state index is 0.107. The Morgan fingerprint density at radius 3 is 2.10 bits per heavy atom. The number of benzene rings is 1. The Morgan fingerprint density at radius 2 is 1.65 bits per heavy atom. The summed E-state index contributed by atoms with van der Waals surface area (Å²) >= 11 is 0. The maximum absolute atomic E-state index is 12.5. The Bertz CT molecular complexity index is 437. The van der Waals surface area contributed by atoms with Gasteiger partial charge in [0.2, 0.25) is 0 Å². The highest BCUT2D eigenvalue weighted by molar-refractivity contribution is 5.94. The van der Waals surface area contributed by atoms with Crippen LogP contribution in [-0.2, 0) is 6.42 Å². The van der Waals surface area contributed by atoms with Crippen LogP contribution in [0.2, 0.25) is 0 Å². The number of nitriles is 1. The molecule has 0 aliphatic carbocycles. The summed E-state index contributed by atoms with van der Waals surface area (Å²) < 4.78 is 0. The Kier molecular flexibility index (Phi) is 7.42. The van der Waals surface area contributed by atoms with E-state index in [0.29, 0.717) is 6.42 Å². The van der Waals surface area contributed by atoms with Crippen LogP contribution in [0.4, 0.5) is 0 Å². The van der Waals surface area contributed by atoms with Gasteiger partial charge in [0, 0.05) is 18.7 Å². The quantitative estimate of drug-likeness (QED) is 0.722. The minimum atomic E-state index is 0.107. The smallest absolute Gasteiger partial charge is 0.253 e. The number of hydrogen-bond acceptors (Lipinski definition) is 2. The van der Waals surface area contributed by atoms with E-state index in [1.807, 2.05) is 29.2 Å². The summed E-state index contributed by atoms with van der Waals surface area (Å²) in [6.07, 6.45) is 4.67. The van der Waals surface area contributed by atoms with Crippen molar-refractivity contribution < 1.29 is 4.79 Å². The van der Waals surface area contributed by atoms with Crippen LogP contribution in [0, 0.1) is 11.3 Å². The third-order valence-electron chi connectivity index (χ3n) is 3.33. The molecule has 0 atom stereocenters. The van der Waals surface area contributed by atoms with E-state index >= 15 is 0 Å². The predicted octanol–water partition coefficient (Wildman–Crippen LogP) is 3.80. The van der Waals surface area contributed by atoms with E-state index in [9.17, 15) is 4.79 Å². The maximum atomic E-state index is 12.5. The van der Waals surface area contributed by atoms with Crippen molar-refractivity contribution in [2.75, 3.05) is 13.1 Å². The Labute approximate surface area is 122 Å². The van der Waals surface area contributed by atoms with Crippen molar-refractivity contribution in [3.8, 4) is 6.07 Å². The molecule has 0 aromatic heterocycles. The summed E-state index contributed by atoms with van der Waals surface area (Å²) in [5.74, 6) is 0.107. The van der Waals surface area contributed by atoms with Gasteiger partial charge in [-0.15, -0.1) is 0 Å². The second-order valence-electron chi connectivity index (χ2n) is 5.03. The van der Waals surface area contributed by atoms with Gasteiger partial charge in [0.1, 0.15) is 0 Å². The number of rotatable bonds is 8. The molecule has 0 radical (unpaired) electrons. The third kappa shape index (κ3) is 5.05. The van der Waals surface area contributed by atoms with Crippen LogP contribution in [0.15, 0.2) is 24.3 Å². The van der Waals surface area contributed by atoms with Gasteiger partial charge in [-0.05, 0) is 30.5 Å². The fourth-order valence-corrected chi connectivity index (χ4v) is 2.05. The van der Waals surface area contributed by atoms with Gasteiger partial charge in [-0.2, -0.15) is 5.26 Å². The molecule has 108 valence electrons. The number of carbonyl (C=O) groups is 1. The van der Waals surface area contributed by atoms with Crippen LogP contribution in [0.25, 0.3) is 0 Å². The largest absolute Gasteiger partial charge is 0.339 e. The SMILES string of the molecule is CCCCN(CCCC)C(=O)c1ccc(CC#N)cc1. The van der Waals surface area contributed by atoms with Gasteiger partial charge < -0.3 is 4.90 Å². The summed E-state index contributed by atoms with van der Waals surface area (Å²) in [6.45, 7) is 5.93. The molecule has 1 aromatic carbocycles. The topological polar surface area (TPSA) is 44.1 Å². The lowest BCUT2D eigenvalue weighted by Crippen LogP contribution is -2.32. The number of amides is 1. The van der Waals surface area contributed by atoms with Crippen molar-refractivity contribution in [3.63, 3.8) is 0 Å². The molecule has 0 aliphatic heterocycles. The summed E-state index contributed by atoms with van der Waals surface area (Å²) in [5, 5.41) is 8.66. The van der Waals surface area contributed by atoms with E-state index in [-0.39, 0.29) is 5.91 Å². The number of hydrogen-bond donors (Lipinski definition) is 0. The molecule has 0 fully saturated rings. The van der Waals surface area contributed by atoms with Crippen LogP contribution in [0.5, 0.6) is 0 Å². The maximum Gasteiger partial charge on any atom is 0.253 e. The zero-order valence-corrected chi connectivity index (χ0v) is 12.6. The van der Waals surface area contributed by atoms with E-state index in [1.54, 1.807) is 0 Å². The van der Waals surface area contributed by atoms with Gasteiger partial charge in [-0.1, -0.05) is 38.8 Å². The van der Waals surface area contributed by atoms with Gasteiger partial charge in [0.25, 0.3) is 5.91 Å². The van der Waals surface area contributed by atoms with E-state index in [1.165, 1.54) is 0 Å². The average Bonchev–Trinajstić information content (AvgIpc) is 2.48. The predicted molar refractivity (Wildman–Crippen MR) is 81.5 cm³/mol. The third-order valence-corrected chi connectivity index (χ3v) is 3.33. The first-order chi connectivity index (χ1) is 9.72. The molecule has 0 spiro atoms. The molecular formula is C17H24N2O. The molecule has 1 rings (SSSR count). The molecular weight excluding hydrogens is 248 g/mol. The molecule has 0 N–H and O–H groups in total. The highest BCUT2D eigenvalue weighted by Crippen LogP contribution is 2.10. The van der Waals surface area contributed by atoms with E-state index < -0.39 is 0 Å². The second kappa shape index (κ2) is 9.14. The molecule has 1 aromatic rings. The molecule has 0 saturated carbocycles. The van der Waals surface area contributed by atoms with E-state index in [2.05, 4.69) is 19.9 Å². The monoisotopic (exact) mass is 272 g/mol. The van der Waals surface area contributed by atoms with E-state index in [4.69, 9.17) is 5.26 Å².